The van der Waals surface area contributed by atoms with Crippen molar-refractivity contribution in [3.8, 4) is 11.5 Å². The number of nitro benzene ring substituents is 1. The van der Waals surface area contributed by atoms with E-state index in [1.807, 2.05) is 0 Å². The van der Waals surface area contributed by atoms with Crippen LogP contribution < -0.4 is 9.47 Å². The normalized spacial score (nSPS) is 10.1. The standard InChI is InChI=1S/C13H11NO6/c1-18-9-4-5-13(12(6-9)14(16)17)19-8-11-3-2-10(7-15)20-11/h2-7H,8H2,1H3. The van der Waals surface area contributed by atoms with Crippen LogP contribution in [0.5, 0.6) is 11.5 Å². The van der Waals surface area contributed by atoms with Crippen LogP contribution in [0.15, 0.2) is 34.7 Å². The molecule has 2 rings (SSSR count). The average molecular weight is 277 g/mol. The number of nitrogens with zero attached hydrogens (tertiary/aromatic N) is 1. The van der Waals surface area contributed by atoms with Crippen molar-refractivity contribution in [2.45, 2.75) is 6.61 Å². The molecule has 0 radical (unpaired) electrons. The molecule has 2 aromatic rings. The van der Waals surface area contributed by atoms with Gasteiger partial charge in [0.25, 0.3) is 0 Å². The molecule has 0 spiro atoms. The number of ether oxygens (including phenoxy) is 2. The first-order valence-corrected chi connectivity index (χ1v) is 5.63. The van der Waals surface area contributed by atoms with Crippen LogP contribution in [-0.2, 0) is 6.61 Å². The molecule has 0 unspecified atom stereocenters. The van der Waals surface area contributed by atoms with Gasteiger partial charge < -0.3 is 13.9 Å². The second kappa shape index (κ2) is 5.87. The van der Waals surface area contributed by atoms with E-state index in [9.17, 15) is 14.9 Å². The molecule has 0 aliphatic rings. The first-order valence-electron chi connectivity index (χ1n) is 5.63. The maximum absolute atomic E-state index is 11.0. The Kier molecular flexibility index (Phi) is 3.99. The van der Waals surface area contributed by atoms with Gasteiger partial charge in [-0.15, -0.1) is 0 Å². The molecule has 20 heavy (non-hydrogen) atoms. The van der Waals surface area contributed by atoms with Gasteiger partial charge >= 0.3 is 5.69 Å². The molecule has 0 saturated heterocycles. The van der Waals surface area contributed by atoms with E-state index < -0.39 is 4.92 Å². The highest BCUT2D eigenvalue weighted by molar-refractivity contribution is 5.70. The van der Waals surface area contributed by atoms with Crippen LogP contribution in [0.4, 0.5) is 5.69 Å². The molecule has 1 heterocycles. The zero-order valence-electron chi connectivity index (χ0n) is 10.6. The number of nitro groups is 1. The van der Waals surface area contributed by atoms with Gasteiger partial charge in [0.05, 0.1) is 18.1 Å². The summed E-state index contributed by atoms with van der Waals surface area (Å²) in [6, 6.07) is 7.34. The average Bonchev–Trinajstić information content (AvgIpc) is 2.92. The second-order valence-corrected chi connectivity index (χ2v) is 3.80. The summed E-state index contributed by atoms with van der Waals surface area (Å²) in [5.74, 6) is 1.04. The Morgan fingerprint density at radius 3 is 2.75 bits per heavy atom. The highest BCUT2D eigenvalue weighted by atomic mass is 16.6. The summed E-state index contributed by atoms with van der Waals surface area (Å²) in [5.41, 5.74) is -0.202. The number of methoxy groups -OCH3 is 1. The first-order chi connectivity index (χ1) is 9.63. The fourth-order valence-electron chi connectivity index (χ4n) is 1.57. The number of carbonyl (C=O) groups is 1. The number of rotatable bonds is 6. The van der Waals surface area contributed by atoms with Crippen LogP contribution in [-0.4, -0.2) is 18.3 Å². The van der Waals surface area contributed by atoms with Gasteiger partial charge in [-0.25, -0.2) is 0 Å². The summed E-state index contributed by atoms with van der Waals surface area (Å²) < 4.78 is 15.4. The number of hydrogen-bond donors (Lipinski definition) is 0. The van der Waals surface area contributed by atoms with E-state index in [0.717, 1.165) is 0 Å². The molecule has 0 atom stereocenters. The van der Waals surface area contributed by atoms with Gasteiger partial charge in [-0.2, -0.15) is 0 Å². The molecule has 1 aromatic heterocycles. The van der Waals surface area contributed by atoms with Gasteiger partial charge in [-0.3, -0.25) is 14.9 Å². The van der Waals surface area contributed by atoms with Crippen LogP contribution in [0.25, 0.3) is 0 Å². The van der Waals surface area contributed by atoms with Crippen molar-refractivity contribution < 1.29 is 23.6 Å². The molecule has 0 aliphatic carbocycles. The molecule has 1 aromatic carbocycles. The predicted octanol–water partition coefficient (Wildman–Crippen LogP) is 2.59. The van der Waals surface area contributed by atoms with Gasteiger partial charge in [-0.1, -0.05) is 0 Å². The maximum Gasteiger partial charge on any atom is 0.314 e. The summed E-state index contributed by atoms with van der Waals surface area (Å²) in [5, 5.41) is 11.0. The molecular formula is C13H11NO6. The highest BCUT2D eigenvalue weighted by Gasteiger charge is 2.17. The Morgan fingerprint density at radius 2 is 2.15 bits per heavy atom. The molecule has 0 aliphatic heterocycles. The van der Waals surface area contributed by atoms with Gasteiger partial charge in [0.1, 0.15) is 18.1 Å². The summed E-state index contributed by atoms with van der Waals surface area (Å²) in [6.07, 6.45) is 0.569. The number of carbonyl (C=O) groups excluding carboxylic acids is 1. The topological polar surface area (TPSA) is 91.8 Å². The van der Waals surface area contributed by atoms with Crippen molar-refractivity contribution in [3.05, 3.63) is 52.0 Å². The summed E-state index contributed by atoms with van der Waals surface area (Å²) in [4.78, 5) is 20.9. The van der Waals surface area contributed by atoms with E-state index in [1.165, 1.54) is 25.3 Å². The third kappa shape index (κ3) is 2.94. The lowest BCUT2D eigenvalue weighted by molar-refractivity contribution is -0.386. The van der Waals surface area contributed by atoms with E-state index in [2.05, 4.69) is 0 Å². The summed E-state index contributed by atoms with van der Waals surface area (Å²) in [7, 11) is 1.42. The van der Waals surface area contributed by atoms with Crippen molar-refractivity contribution in [2.24, 2.45) is 0 Å². The Labute approximate surface area is 113 Å². The molecule has 0 bridgehead atoms. The molecule has 0 N–H and O–H groups in total. The molecular weight excluding hydrogens is 266 g/mol. The number of furan rings is 1. The van der Waals surface area contributed by atoms with Crippen LogP contribution in [0, 0.1) is 10.1 Å². The van der Waals surface area contributed by atoms with E-state index in [-0.39, 0.29) is 23.8 Å². The van der Waals surface area contributed by atoms with Crippen molar-refractivity contribution in [1.82, 2.24) is 0 Å². The lowest BCUT2D eigenvalue weighted by Gasteiger charge is -2.06. The van der Waals surface area contributed by atoms with Crippen molar-refractivity contribution in [1.29, 1.82) is 0 Å². The second-order valence-electron chi connectivity index (χ2n) is 3.80. The number of hydrogen-bond acceptors (Lipinski definition) is 6. The van der Waals surface area contributed by atoms with E-state index in [4.69, 9.17) is 13.9 Å². The van der Waals surface area contributed by atoms with Crippen LogP contribution in [0.1, 0.15) is 16.3 Å². The lowest BCUT2D eigenvalue weighted by Crippen LogP contribution is -1.99. The third-order valence-electron chi connectivity index (χ3n) is 2.53. The van der Waals surface area contributed by atoms with Gasteiger partial charge in [-0.05, 0) is 24.3 Å². The zero-order chi connectivity index (χ0) is 14.5. The minimum Gasteiger partial charge on any atom is -0.496 e. The Hall–Kier alpha value is -2.83. The van der Waals surface area contributed by atoms with Gasteiger partial charge in [0, 0.05) is 0 Å². The van der Waals surface area contributed by atoms with E-state index in [0.29, 0.717) is 17.8 Å². The fourth-order valence-corrected chi connectivity index (χ4v) is 1.57. The molecule has 7 heteroatoms. The molecule has 0 fully saturated rings. The fraction of sp³-hybridized carbons (Fsp3) is 0.154. The molecule has 104 valence electrons. The van der Waals surface area contributed by atoms with E-state index >= 15 is 0 Å². The summed E-state index contributed by atoms with van der Waals surface area (Å²) in [6.45, 7) is -0.0129. The summed E-state index contributed by atoms with van der Waals surface area (Å²) >= 11 is 0. The Morgan fingerprint density at radius 1 is 1.35 bits per heavy atom. The van der Waals surface area contributed by atoms with Crippen molar-refractivity contribution >= 4 is 12.0 Å². The van der Waals surface area contributed by atoms with Crippen LogP contribution >= 0.6 is 0 Å². The third-order valence-corrected chi connectivity index (χ3v) is 2.53. The molecule has 0 amide bonds. The smallest absolute Gasteiger partial charge is 0.314 e. The quantitative estimate of drug-likeness (QED) is 0.457. The highest BCUT2D eigenvalue weighted by Crippen LogP contribution is 2.31. The zero-order valence-corrected chi connectivity index (χ0v) is 10.6. The maximum atomic E-state index is 11.0. The SMILES string of the molecule is COc1ccc(OCc2ccc(C=O)o2)c([N+](=O)[O-])c1. The monoisotopic (exact) mass is 277 g/mol. The first kappa shape index (κ1) is 13.6. The molecule has 7 nitrogen and oxygen atoms in total. The molecule has 0 saturated carbocycles. The van der Waals surface area contributed by atoms with Crippen molar-refractivity contribution in [3.63, 3.8) is 0 Å². The van der Waals surface area contributed by atoms with Gasteiger partial charge in [0.2, 0.25) is 0 Å². The largest absolute Gasteiger partial charge is 0.496 e. The van der Waals surface area contributed by atoms with Crippen molar-refractivity contribution in [2.75, 3.05) is 7.11 Å². The predicted molar refractivity (Wildman–Crippen MR) is 68.1 cm³/mol. The minimum absolute atomic E-state index is 0.0129. The Bertz CT molecular complexity index is 634. The number of benzene rings is 1. The Balaban J connectivity index is 2.16. The van der Waals surface area contributed by atoms with Gasteiger partial charge in [0.15, 0.2) is 17.8 Å². The van der Waals surface area contributed by atoms with E-state index in [1.54, 1.807) is 12.1 Å². The van der Waals surface area contributed by atoms with Crippen LogP contribution in [0.2, 0.25) is 0 Å². The minimum atomic E-state index is -0.559. The lowest BCUT2D eigenvalue weighted by atomic mass is 10.3. The number of aldehydes is 1. The van der Waals surface area contributed by atoms with Crippen LogP contribution in [0.3, 0.4) is 0 Å².